The van der Waals surface area contributed by atoms with Crippen LogP contribution in [0.1, 0.15) is 67.7 Å². The number of likely N-dealkylation sites (tertiary alicyclic amines) is 1. The molecule has 0 bridgehead atoms. The van der Waals surface area contributed by atoms with Crippen LogP contribution >= 0.6 is 0 Å². The molecule has 2 fully saturated rings. The van der Waals surface area contributed by atoms with Gasteiger partial charge >= 0.3 is 0 Å². The van der Waals surface area contributed by atoms with E-state index in [0.717, 1.165) is 30.5 Å². The SMILES string of the molecule is CC(C(O)c1ccc(O)cc1)N1CCC(Cc2cccc(C3CCC3)c2)CC1. The molecule has 1 heterocycles. The first-order valence-electron chi connectivity index (χ1n) is 10.9. The number of phenols is 1. The predicted molar refractivity (Wildman–Crippen MR) is 114 cm³/mol. The maximum absolute atomic E-state index is 10.7. The Balaban J connectivity index is 1.30. The maximum Gasteiger partial charge on any atom is 0.115 e. The van der Waals surface area contributed by atoms with Crippen LogP contribution in [0.25, 0.3) is 0 Å². The molecule has 2 aromatic rings. The summed E-state index contributed by atoms with van der Waals surface area (Å²) in [4.78, 5) is 2.42. The number of hydrogen-bond donors (Lipinski definition) is 2. The Morgan fingerprint density at radius 2 is 1.71 bits per heavy atom. The zero-order valence-corrected chi connectivity index (χ0v) is 16.9. The molecule has 1 saturated heterocycles. The van der Waals surface area contributed by atoms with Gasteiger partial charge in [0.15, 0.2) is 0 Å². The third-order valence-corrected chi connectivity index (χ3v) is 6.97. The molecule has 1 aliphatic carbocycles. The maximum atomic E-state index is 10.7. The molecule has 0 amide bonds. The Morgan fingerprint density at radius 1 is 1.00 bits per heavy atom. The van der Waals surface area contributed by atoms with Gasteiger partial charge in [-0.25, -0.2) is 0 Å². The molecule has 4 rings (SSSR count). The lowest BCUT2D eigenvalue weighted by Gasteiger charge is -2.38. The fraction of sp³-hybridized carbons (Fsp3) is 0.520. The van der Waals surface area contributed by atoms with Gasteiger partial charge in [-0.3, -0.25) is 4.90 Å². The average Bonchev–Trinajstić information content (AvgIpc) is 2.67. The smallest absolute Gasteiger partial charge is 0.115 e. The summed E-state index contributed by atoms with van der Waals surface area (Å²) in [6, 6.07) is 16.3. The van der Waals surface area contributed by atoms with Crippen molar-refractivity contribution in [3.63, 3.8) is 0 Å². The monoisotopic (exact) mass is 379 g/mol. The second-order valence-electron chi connectivity index (χ2n) is 8.83. The van der Waals surface area contributed by atoms with Crippen molar-refractivity contribution in [2.45, 2.75) is 63.5 Å². The van der Waals surface area contributed by atoms with Crippen molar-refractivity contribution in [3.05, 3.63) is 65.2 Å². The van der Waals surface area contributed by atoms with Gasteiger partial charge in [0.25, 0.3) is 0 Å². The minimum atomic E-state index is -0.517. The summed E-state index contributed by atoms with van der Waals surface area (Å²) in [6.45, 7) is 4.20. The van der Waals surface area contributed by atoms with E-state index in [2.05, 4.69) is 36.1 Å². The zero-order chi connectivity index (χ0) is 19.5. The van der Waals surface area contributed by atoms with E-state index in [4.69, 9.17) is 0 Å². The number of rotatable bonds is 6. The lowest BCUT2D eigenvalue weighted by molar-refractivity contribution is 0.0373. The number of aliphatic hydroxyl groups is 1. The topological polar surface area (TPSA) is 43.7 Å². The first-order chi connectivity index (χ1) is 13.6. The molecule has 150 valence electrons. The Labute approximate surface area is 169 Å². The van der Waals surface area contributed by atoms with E-state index in [1.165, 1.54) is 44.1 Å². The van der Waals surface area contributed by atoms with Crippen molar-refractivity contribution in [1.82, 2.24) is 4.90 Å². The van der Waals surface area contributed by atoms with E-state index in [9.17, 15) is 10.2 Å². The highest BCUT2D eigenvalue weighted by molar-refractivity contribution is 5.29. The summed E-state index contributed by atoms with van der Waals surface area (Å²) in [5, 5.41) is 20.2. The van der Waals surface area contributed by atoms with Gasteiger partial charge in [-0.2, -0.15) is 0 Å². The fourth-order valence-electron chi connectivity index (χ4n) is 4.76. The number of piperidine rings is 1. The Morgan fingerprint density at radius 3 is 2.36 bits per heavy atom. The van der Waals surface area contributed by atoms with Crippen molar-refractivity contribution in [2.24, 2.45) is 5.92 Å². The summed E-state index contributed by atoms with van der Waals surface area (Å²) in [5.41, 5.74) is 3.92. The molecule has 1 aliphatic heterocycles. The van der Waals surface area contributed by atoms with Crippen LogP contribution in [0.2, 0.25) is 0 Å². The molecule has 1 saturated carbocycles. The van der Waals surface area contributed by atoms with Crippen molar-refractivity contribution in [2.75, 3.05) is 13.1 Å². The van der Waals surface area contributed by atoms with E-state index < -0.39 is 6.10 Å². The van der Waals surface area contributed by atoms with Crippen LogP contribution in [0.5, 0.6) is 5.75 Å². The number of hydrogen-bond acceptors (Lipinski definition) is 3. The van der Waals surface area contributed by atoms with E-state index in [1.807, 2.05) is 12.1 Å². The Hall–Kier alpha value is -1.84. The second kappa shape index (κ2) is 8.67. The lowest BCUT2D eigenvalue weighted by Crippen LogP contribution is -2.43. The summed E-state index contributed by atoms with van der Waals surface area (Å²) in [7, 11) is 0. The summed E-state index contributed by atoms with van der Waals surface area (Å²) >= 11 is 0. The standard InChI is InChI=1S/C25H33NO2/c1-18(25(28)22-8-10-24(27)11-9-22)26-14-12-19(13-15-26)16-20-4-2-7-23(17-20)21-5-3-6-21/h2,4,7-11,17-19,21,25,27-28H,3,5-6,12-16H2,1H3. The molecule has 3 heteroatoms. The van der Waals surface area contributed by atoms with E-state index in [1.54, 1.807) is 17.7 Å². The van der Waals surface area contributed by atoms with Gasteiger partial charge in [-0.1, -0.05) is 42.8 Å². The molecule has 0 radical (unpaired) electrons. The third-order valence-electron chi connectivity index (χ3n) is 6.97. The highest BCUT2D eigenvalue weighted by Crippen LogP contribution is 2.37. The molecule has 2 aliphatic rings. The second-order valence-corrected chi connectivity index (χ2v) is 8.83. The fourth-order valence-corrected chi connectivity index (χ4v) is 4.76. The van der Waals surface area contributed by atoms with Crippen molar-refractivity contribution in [3.8, 4) is 5.75 Å². The zero-order valence-electron chi connectivity index (χ0n) is 16.9. The van der Waals surface area contributed by atoms with Crippen LogP contribution < -0.4 is 0 Å². The van der Waals surface area contributed by atoms with Crippen LogP contribution in [-0.4, -0.2) is 34.2 Å². The van der Waals surface area contributed by atoms with Crippen molar-refractivity contribution >= 4 is 0 Å². The normalized spacial score (nSPS) is 21.2. The van der Waals surface area contributed by atoms with Gasteiger partial charge < -0.3 is 10.2 Å². The number of aromatic hydroxyl groups is 1. The molecule has 2 atom stereocenters. The highest BCUT2D eigenvalue weighted by Gasteiger charge is 2.28. The van der Waals surface area contributed by atoms with Gasteiger partial charge in [0.05, 0.1) is 6.10 Å². The summed E-state index contributed by atoms with van der Waals surface area (Å²) in [6.07, 6.45) is 7.17. The molecule has 3 nitrogen and oxygen atoms in total. The van der Waals surface area contributed by atoms with Gasteiger partial charge in [0, 0.05) is 6.04 Å². The number of phenolic OH excluding ortho intramolecular Hbond substituents is 1. The van der Waals surface area contributed by atoms with E-state index >= 15 is 0 Å². The van der Waals surface area contributed by atoms with E-state index in [0.29, 0.717) is 0 Å². The first-order valence-corrected chi connectivity index (χ1v) is 10.9. The van der Waals surface area contributed by atoms with Crippen molar-refractivity contribution < 1.29 is 10.2 Å². The molecule has 0 spiro atoms. The molecule has 0 aromatic heterocycles. The van der Waals surface area contributed by atoms with Gasteiger partial charge in [-0.05, 0) is 92.8 Å². The first kappa shape index (κ1) is 19.5. The molecular weight excluding hydrogens is 346 g/mol. The van der Waals surface area contributed by atoms with Crippen LogP contribution in [0.15, 0.2) is 48.5 Å². The minimum absolute atomic E-state index is 0.0902. The quantitative estimate of drug-likeness (QED) is 0.739. The number of benzene rings is 2. The average molecular weight is 380 g/mol. The summed E-state index contributed by atoms with van der Waals surface area (Å²) in [5.74, 6) is 1.79. The Kier molecular flexibility index (Phi) is 6.03. The van der Waals surface area contributed by atoms with Crippen molar-refractivity contribution in [1.29, 1.82) is 0 Å². The van der Waals surface area contributed by atoms with Crippen LogP contribution in [-0.2, 0) is 6.42 Å². The molecule has 28 heavy (non-hydrogen) atoms. The van der Waals surface area contributed by atoms with Gasteiger partial charge in [-0.15, -0.1) is 0 Å². The molecule has 2 unspecified atom stereocenters. The molecule has 2 aromatic carbocycles. The predicted octanol–water partition coefficient (Wildman–Crippen LogP) is 5.04. The molecule has 2 N–H and O–H groups in total. The van der Waals surface area contributed by atoms with Crippen LogP contribution in [0.3, 0.4) is 0 Å². The lowest BCUT2D eigenvalue weighted by atomic mass is 9.79. The number of nitrogens with zero attached hydrogens (tertiary/aromatic N) is 1. The number of aliphatic hydroxyl groups excluding tert-OH is 1. The third kappa shape index (κ3) is 4.42. The largest absolute Gasteiger partial charge is 0.508 e. The Bertz CT molecular complexity index is 760. The minimum Gasteiger partial charge on any atom is -0.508 e. The highest BCUT2D eigenvalue weighted by atomic mass is 16.3. The summed E-state index contributed by atoms with van der Waals surface area (Å²) < 4.78 is 0. The van der Waals surface area contributed by atoms with Crippen LogP contribution in [0, 0.1) is 5.92 Å². The van der Waals surface area contributed by atoms with Gasteiger partial charge in [0.1, 0.15) is 5.75 Å². The van der Waals surface area contributed by atoms with Gasteiger partial charge in [0.2, 0.25) is 0 Å². The molecular formula is C25H33NO2. The van der Waals surface area contributed by atoms with Crippen LogP contribution in [0.4, 0.5) is 0 Å². The van der Waals surface area contributed by atoms with E-state index in [-0.39, 0.29) is 11.8 Å².